The standard InChI is InChI=1S/C22H15ClN2O5/c23-18-4-2-1-3-17(18)22(27)30-16-8-5-14(6-9-16)12-24-25-21(26)15-7-10-19-20(11-15)29-13-28-19/h1-12H,13H2,(H,25,26)/b24-12-. The van der Waals surface area contributed by atoms with Crippen LogP contribution < -0.4 is 19.6 Å². The van der Waals surface area contributed by atoms with Gasteiger partial charge >= 0.3 is 5.97 Å². The van der Waals surface area contributed by atoms with Crippen molar-refractivity contribution in [2.24, 2.45) is 5.10 Å². The second-order valence-electron chi connectivity index (χ2n) is 6.21. The molecule has 1 aliphatic heterocycles. The number of halogens is 1. The number of carbonyl (C=O) groups excluding carboxylic acids is 2. The monoisotopic (exact) mass is 422 g/mol. The molecule has 0 unspecified atom stereocenters. The molecular formula is C22H15ClN2O5. The molecule has 150 valence electrons. The Balaban J connectivity index is 1.34. The van der Waals surface area contributed by atoms with Crippen molar-refractivity contribution in [3.8, 4) is 17.2 Å². The zero-order chi connectivity index (χ0) is 20.9. The highest BCUT2D eigenvalue weighted by Gasteiger charge is 2.16. The number of esters is 1. The molecule has 0 aromatic heterocycles. The van der Waals surface area contributed by atoms with Gasteiger partial charge in [-0.05, 0) is 60.2 Å². The van der Waals surface area contributed by atoms with Crippen molar-refractivity contribution in [1.29, 1.82) is 0 Å². The highest BCUT2D eigenvalue weighted by atomic mass is 35.5. The molecule has 7 nitrogen and oxygen atoms in total. The van der Waals surface area contributed by atoms with E-state index in [1.165, 1.54) is 6.21 Å². The molecular weight excluding hydrogens is 408 g/mol. The molecule has 0 saturated carbocycles. The van der Waals surface area contributed by atoms with E-state index >= 15 is 0 Å². The molecule has 8 heteroatoms. The van der Waals surface area contributed by atoms with Crippen LogP contribution in [0.1, 0.15) is 26.3 Å². The van der Waals surface area contributed by atoms with E-state index < -0.39 is 5.97 Å². The first-order chi connectivity index (χ1) is 14.6. The summed E-state index contributed by atoms with van der Waals surface area (Å²) in [4.78, 5) is 24.4. The molecule has 0 aliphatic carbocycles. The molecule has 0 fully saturated rings. The van der Waals surface area contributed by atoms with E-state index in [1.54, 1.807) is 66.7 Å². The average Bonchev–Trinajstić information content (AvgIpc) is 3.23. The maximum absolute atomic E-state index is 12.2. The van der Waals surface area contributed by atoms with Gasteiger partial charge in [0, 0.05) is 5.56 Å². The van der Waals surface area contributed by atoms with Gasteiger partial charge in [0.05, 0.1) is 16.8 Å². The van der Waals surface area contributed by atoms with Gasteiger partial charge in [-0.1, -0.05) is 23.7 Å². The number of nitrogens with zero attached hydrogens (tertiary/aromatic N) is 1. The third-order valence-electron chi connectivity index (χ3n) is 4.20. The number of amides is 1. The van der Waals surface area contributed by atoms with Gasteiger partial charge < -0.3 is 14.2 Å². The van der Waals surface area contributed by atoms with E-state index in [9.17, 15) is 9.59 Å². The van der Waals surface area contributed by atoms with Crippen molar-refractivity contribution in [1.82, 2.24) is 5.43 Å². The summed E-state index contributed by atoms with van der Waals surface area (Å²) in [5, 5.41) is 4.26. The molecule has 3 aromatic rings. The van der Waals surface area contributed by atoms with E-state index in [0.717, 1.165) is 0 Å². The van der Waals surface area contributed by atoms with Crippen LogP contribution in [0.2, 0.25) is 5.02 Å². The molecule has 30 heavy (non-hydrogen) atoms. The van der Waals surface area contributed by atoms with E-state index in [1.807, 2.05) is 0 Å². The predicted molar refractivity (Wildman–Crippen MR) is 110 cm³/mol. The van der Waals surface area contributed by atoms with Crippen molar-refractivity contribution in [3.63, 3.8) is 0 Å². The fourth-order valence-electron chi connectivity index (χ4n) is 2.68. The van der Waals surface area contributed by atoms with E-state index in [2.05, 4.69) is 10.5 Å². The summed E-state index contributed by atoms with van der Waals surface area (Å²) in [6.07, 6.45) is 1.48. The molecule has 0 spiro atoms. The van der Waals surface area contributed by atoms with Gasteiger partial charge in [0.15, 0.2) is 11.5 Å². The molecule has 0 saturated heterocycles. The summed E-state index contributed by atoms with van der Waals surface area (Å²) < 4.78 is 15.8. The second-order valence-corrected chi connectivity index (χ2v) is 6.61. The van der Waals surface area contributed by atoms with Crippen LogP contribution in [0.3, 0.4) is 0 Å². The maximum Gasteiger partial charge on any atom is 0.345 e. The van der Waals surface area contributed by atoms with Crippen LogP contribution in [0.15, 0.2) is 71.8 Å². The summed E-state index contributed by atoms with van der Waals surface area (Å²) in [5.74, 6) is 0.563. The summed E-state index contributed by atoms with van der Waals surface area (Å²) in [5.41, 5.74) is 3.84. The fraction of sp³-hybridized carbons (Fsp3) is 0.0455. The number of carbonyl (C=O) groups is 2. The van der Waals surface area contributed by atoms with Gasteiger partial charge in [-0.15, -0.1) is 0 Å². The van der Waals surface area contributed by atoms with Gasteiger partial charge in [0.2, 0.25) is 6.79 Å². The third-order valence-corrected chi connectivity index (χ3v) is 4.53. The minimum Gasteiger partial charge on any atom is -0.454 e. The van der Waals surface area contributed by atoms with Crippen molar-refractivity contribution >= 4 is 29.7 Å². The zero-order valence-corrected chi connectivity index (χ0v) is 16.3. The Bertz CT molecular complexity index is 1130. The number of hydrogen-bond donors (Lipinski definition) is 1. The van der Waals surface area contributed by atoms with E-state index in [0.29, 0.717) is 33.4 Å². The van der Waals surface area contributed by atoms with Crippen LogP contribution in [-0.4, -0.2) is 24.9 Å². The van der Waals surface area contributed by atoms with Gasteiger partial charge in [-0.3, -0.25) is 4.79 Å². The minimum atomic E-state index is -0.544. The first-order valence-electron chi connectivity index (χ1n) is 8.90. The molecule has 1 aliphatic rings. The normalized spacial score (nSPS) is 12.0. The predicted octanol–water partition coefficient (Wildman–Crippen LogP) is 4.05. The smallest absolute Gasteiger partial charge is 0.345 e. The lowest BCUT2D eigenvalue weighted by Gasteiger charge is -2.06. The van der Waals surface area contributed by atoms with Gasteiger partial charge in [0.1, 0.15) is 5.75 Å². The van der Waals surface area contributed by atoms with Crippen molar-refractivity contribution in [2.75, 3.05) is 6.79 Å². The molecule has 0 atom stereocenters. The number of benzene rings is 3. The van der Waals surface area contributed by atoms with E-state index in [-0.39, 0.29) is 18.3 Å². The largest absolute Gasteiger partial charge is 0.454 e. The number of hydrogen-bond acceptors (Lipinski definition) is 6. The quantitative estimate of drug-likeness (QED) is 0.290. The average molecular weight is 423 g/mol. The number of ether oxygens (including phenoxy) is 3. The van der Waals surface area contributed by atoms with Crippen LogP contribution in [-0.2, 0) is 0 Å². The van der Waals surface area contributed by atoms with Gasteiger partial charge in [-0.2, -0.15) is 5.10 Å². The minimum absolute atomic E-state index is 0.141. The first-order valence-corrected chi connectivity index (χ1v) is 9.28. The maximum atomic E-state index is 12.2. The topological polar surface area (TPSA) is 86.2 Å². The number of nitrogens with one attached hydrogen (secondary N) is 1. The summed E-state index contributed by atoms with van der Waals surface area (Å²) in [6.45, 7) is 0.141. The summed E-state index contributed by atoms with van der Waals surface area (Å²) in [6, 6.07) is 18.2. The van der Waals surface area contributed by atoms with Crippen LogP contribution in [0.4, 0.5) is 0 Å². The van der Waals surface area contributed by atoms with Gasteiger partial charge in [-0.25, -0.2) is 10.2 Å². The molecule has 1 heterocycles. The molecule has 4 rings (SSSR count). The Hall–Kier alpha value is -3.84. The highest BCUT2D eigenvalue weighted by Crippen LogP contribution is 2.32. The van der Waals surface area contributed by atoms with Crippen LogP contribution in [0, 0.1) is 0 Å². The Labute approximate surface area is 176 Å². The Kier molecular flexibility index (Phi) is 5.63. The number of fused-ring (bicyclic) bond motifs is 1. The first kappa shape index (κ1) is 19.5. The van der Waals surface area contributed by atoms with Gasteiger partial charge in [0.25, 0.3) is 5.91 Å². The van der Waals surface area contributed by atoms with E-state index in [4.69, 9.17) is 25.8 Å². The zero-order valence-electron chi connectivity index (χ0n) is 15.5. The third kappa shape index (κ3) is 4.42. The number of rotatable bonds is 5. The lowest BCUT2D eigenvalue weighted by atomic mass is 10.2. The number of hydrazone groups is 1. The Morgan fingerprint density at radius 3 is 2.57 bits per heavy atom. The summed E-state index contributed by atoms with van der Waals surface area (Å²) in [7, 11) is 0. The van der Waals surface area contributed by atoms with Crippen LogP contribution in [0.25, 0.3) is 0 Å². The summed E-state index contributed by atoms with van der Waals surface area (Å²) >= 11 is 6.00. The molecule has 0 radical (unpaired) electrons. The Morgan fingerprint density at radius 2 is 1.77 bits per heavy atom. The van der Waals surface area contributed by atoms with Crippen LogP contribution in [0.5, 0.6) is 17.2 Å². The highest BCUT2D eigenvalue weighted by molar-refractivity contribution is 6.33. The molecule has 3 aromatic carbocycles. The lowest BCUT2D eigenvalue weighted by Crippen LogP contribution is -2.17. The van der Waals surface area contributed by atoms with Crippen molar-refractivity contribution < 1.29 is 23.8 Å². The second kappa shape index (κ2) is 8.67. The lowest BCUT2D eigenvalue weighted by molar-refractivity contribution is 0.0734. The fourth-order valence-corrected chi connectivity index (χ4v) is 2.89. The Morgan fingerprint density at radius 1 is 1.00 bits per heavy atom. The molecule has 1 amide bonds. The van der Waals surface area contributed by atoms with Crippen LogP contribution >= 0.6 is 11.6 Å². The SMILES string of the molecule is O=C(N/N=C\c1ccc(OC(=O)c2ccccc2Cl)cc1)c1ccc2c(c1)OCO2. The molecule has 1 N–H and O–H groups in total. The molecule has 0 bridgehead atoms. The van der Waals surface area contributed by atoms with Crippen molar-refractivity contribution in [2.45, 2.75) is 0 Å². The van der Waals surface area contributed by atoms with Crippen molar-refractivity contribution in [3.05, 3.63) is 88.4 Å².